The first-order valence-corrected chi connectivity index (χ1v) is 6.69. The Labute approximate surface area is 127 Å². The van der Waals surface area contributed by atoms with Crippen LogP contribution >= 0.6 is 0 Å². The molecule has 0 spiro atoms. The molecule has 4 heteroatoms. The summed E-state index contributed by atoms with van der Waals surface area (Å²) in [6.45, 7) is 0. The number of rotatable bonds is 3. The zero-order chi connectivity index (χ0) is 15.7. The summed E-state index contributed by atoms with van der Waals surface area (Å²) in [4.78, 5) is 36.2. The van der Waals surface area contributed by atoms with Crippen molar-refractivity contribution in [2.75, 3.05) is 7.11 Å². The molecule has 0 heterocycles. The van der Waals surface area contributed by atoms with Crippen LogP contribution < -0.4 is 0 Å². The topological polar surface area (TPSA) is 60.4 Å². The highest BCUT2D eigenvalue weighted by molar-refractivity contribution is 6.29. The molecule has 0 atom stereocenters. The van der Waals surface area contributed by atoms with Crippen molar-refractivity contribution in [2.45, 2.75) is 0 Å². The van der Waals surface area contributed by atoms with Crippen LogP contribution in [-0.4, -0.2) is 25.0 Å². The fourth-order valence-corrected chi connectivity index (χ4v) is 2.59. The SMILES string of the molecule is COC(C=O)=Cc1cccc2c1C(=O)c1ccccc1C2=O. The van der Waals surface area contributed by atoms with Crippen molar-refractivity contribution in [3.05, 3.63) is 76.0 Å². The molecule has 0 aromatic heterocycles. The van der Waals surface area contributed by atoms with Crippen LogP contribution in [0.2, 0.25) is 0 Å². The third kappa shape index (κ3) is 2.05. The number of ketones is 2. The van der Waals surface area contributed by atoms with Crippen LogP contribution in [0.15, 0.2) is 48.2 Å². The molecule has 1 aliphatic carbocycles. The van der Waals surface area contributed by atoms with Crippen LogP contribution in [0.1, 0.15) is 37.4 Å². The minimum absolute atomic E-state index is 0.0903. The van der Waals surface area contributed by atoms with E-state index in [1.54, 1.807) is 42.5 Å². The van der Waals surface area contributed by atoms with Gasteiger partial charge in [-0.2, -0.15) is 0 Å². The molecular weight excluding hydrogens is 280 g/mol. The average Bonchev–Trinajstić information content (AvgIpc) is 2.57. The van der Waals surface area contributed by atoms with Gasteiger partial charge in [0.25, 0.3) is 0 Å². The van der Waals surface area contributed by atoms with E-state index in [0.717, 1.165) is 0 Å². The molecule has 0 amide bonds. The first kappa shape index (κ1) is 13.9. The third-order valence-electron chi connectivity index (χ3n) is 3.63. The van der Waals surface area contributed by atoms with E-state index in [2.05, 4.69) is 0 Å². The summed E-state index contributed by atoms with van der Waals surface area (Å²) in [6.07, 6.45) is 2.02. The highest BCUT2D eigenvalue weighted by Gasteiger charge is 2.30. The summed E-state index contributed by atoms with van der Waals surface area (Å²) in [6, 6.07) is 11.7. The van der Waals surface area contributed by atoms with Gasteiger partial charge in [-0.15, -0.1) is 0 Å². The van der Waals surface area contributed by atoms with Gasteiger partial charge in [0, 0.05) is 22.3 Å². The molecule has 0 N–H and O–H groups in total. The predicted molar refractivity (Wildman–Crippen MR) is 80.8 cm³/mol. The molecule has 4 nitrogen and oxygen atoms in total. The Morgan fingerprint density at radius 2 is 1.55 bits per heavy atom. The predicted octanol–water partition coefficient (Wildman–Crippen LogP) is 2.65. The Bertz CT molecular complexity index is 831. The van der Waals surface area contributed by atoms with E-state index in [9.17, 15) is 14.4 Å². The zero-order valence-corrected chi connectivity index (χ0v) is 11.8. The highest BCUT2D eigenvalue weighted by atomic mass is 16.5. The van der Waals surface area contributed by atoms with Crippen molar-refractivity contribution in [3.63, 3.8) is 0 Å². The molecule has 0 radical (unpaired) electrons. The summed E-state index contributed by atoms with van der Waals surface area (Å²) in [5, 5.41) is 0. The zero-order valence-electron chi connectivity index (χ0n) is 11.8. The van der Waals surface area contributed by atoms with Crippen LogP contribution in [0.4, 0.5) is 0 Å². The van der Waals surface area contributed by atoms with Crippen molar-refractivity contribution < 1.29 is 19.1 Å². The number of ether oxygens (including phenoxy) is 1. The van der Waals surface area contributed by atoms with Crippen LogP contribution in [-0.2, 0) is 9.53 Å². The largest absolute Gasteiger partial charge is 0.493 e. The van der Waals surface area contributed by atoms with Gasteiger partial charge in [-0.05, 0) is 11.6 Å². The number of allylic oxidation sites excluding steroid dienone is 1. The fraction of sp³-hybridized carbons (Fsp3) is 0.0556. The maximum absolute atomic E-state index is 12.7. The Morgan fingerprint density at radius 3 is 2.18 bits per heavy atom. The quantitative estimate of drug-likeness (QED) is 0.423. The Kier molecular flexibility index (Phi) is 3.43. The van der Waals surface area contributed by atoms with E-state index in [4.69, 9.17) is 4.74 Å². The van der Waals surface area contributed by atoms with Crippen molar-refractivity contribution in [2.24, 2.45) is 0 Å². The maximum atomic E-state index is 12.7. The number of fused-ring (bicyclic) bond motifs is 2. The summed E-state index contributed by atoms with van der Waals surface area (Å²) >= 11 is 0. The smallest absolute Gasteiger partial charge is 0.195 e. The normalized spacial score (nSPS) is 13.4. The molecular formula is C18H12O4. The molecule has 0 unspecified atom stereocenters. The lowest BCUT2D eigenvalue weighted by molar-refractivity contribution is -0.107. The van der Waals surface area contributed by atoms with Gasteiger partial charge in [0.15, 0.2) is 23.6 Å². The highest BCUT2D eigenvalue weighted by Crippen LogP contribution is 2.30. The van der Waals surface area contributed by atoms with E-state index >= 15 is 0 Å². The van der Waals surface area contributed by atoms with Gasteiger partial charge >= 0.3 is 0 Å². The van der Waals surface area contributed by atoms with E-state index in [1.807, 2.05) is 0 Å². The monoisotopic (exact) mass is 292 g/mol. The van der Waals surface area contributed by atoms with Crippen molar-refractivity contribution >= 4 is 23.9 Å². The van der Waals surface area contributed by atoms with E-state index in [0.29, 0.717) is 34.1 Å². The van der Waals surface area contributed by atoms with Crippen molar-refractivity contribution in [1.29, 1.82) is 0 Å². The standard InChI is InChI=1S/C18H12O4/c1-22-12(10-19)9-11-5-4-8-15-16(11)18(21)14-7-3-2-6-13(14)17(15)20/h2-10H,1H3. The number of hydrogen-bond acceptors (Lipinski definition) is 4. The minimum Gasteiger partial charge on any atom is -0.493 e. The van der Waals surface area contributed by atoms with Gasteiger partial charge in [-0.1, -0.05) is 42.5 Å². The molecule has 22 heavy (non-hydrogen) atoms. The number of methoxy groups -OCH3 is 1. The molecule has 1 aliphatic rings. The molecule has 108 valence electrons. The van der Waals surface area contributed by atoms with Gasteiger partial charge in [0.2, 0.25) is 0 Å². The van der Waals surface area contributed by atoms with E-state index < -0.39 is 0 Å². The minimum atomic E-state index is -0.224. The molecule has 0 saturated carbocycles. The van der Waals surface area contributed by atoms with Crippen molar-refractivity contribution in [3.8, 4) is 0 Å². The lowest BCUT2D eigenvalue weighted by Gasteiger charge is -2.19. The first-order valence-electron chi connectivity index (χ1n) is 6.69. The average molecular weight is 292 g/mol. The number of carbonyl (C=O) groups excluding carboxylic acids is 3. The fourth-order valence-electron chi connectivity index (χ4n) is 2.59. The molecule has 0 fully saturated rings. The second-order valence-corrected chi connectivity index (χ2v) is 4.84. The second kappa shape index (κ2) is 5.41. The van der Waals surface area contributed by atoms with Gasteiger partial charge in [-0.25, -0.2) is 0 Å². The lowest BCUT2D eigenvalue weighted by atomic mass is 9.82. The van der Waals surface area contributed by atoms with Crippen molar-refractivity contribution in [1.82, 2.24) is 0 Å². The molecule has 2 aromatic rings. The molecule has 3 rings (SSSR count). The Balaban J connectivity index is 2.25. The van der Waals surface area contributed by atoms with Gasteiger partial charge < -0.3 is 4.74 Å². The summed E-state index contributed by atoms with van der Waals surface area (Å²) in [7, 11) is 1.37. The molecule has 2 aromatic carbocycles. The number of hydrogen-bond donors (Lipinski definition) is 0. The Morgan fingerprint density at radius 1 is 0.909 bits per heavy atom. The van der Waals surface area contributed by atoms with Crippen LogP contribution in [0.3, 0.4) is 0 Å². The van der Waals surface area contributed by atoms with Gasteiger partial charge in [0.1, 0.15) is 0 Å². The summed E-state index contributed by atoms with van der Waals surface area (Å²) in [5.74, 6) is -0.323. The first-order chi connectivity index (χ1) is 10.7. The third-order valence-corrected chi connectivity index (χ3v) is 3.63. The lowest BCUT2D eigenvalue weighted by Crippen LogP contribution is -2.21. The van der Waals surface area contributed by atoms with Crippen LogP contribution in [0.5, 0.6) is 0 Å². The maximum Gasteiger partial charge on any atom is 0.195 e. The molecule has 0 bridgehead atoms. The summed E-state index contributed by atoms with van der Waals surface area (Å²) < 4.78 is 4.92. The van der Waals surface area contributed by atoms with Gasteiger partial charge in [-0.3, -0.25) is 14.4 Å². The number of benzene rings is 2. The second-order valence-electron chi connectivity index (χ2n) is 4.84. The molecule has 0 aliphatic heterocycles. The van der Waals surface area contributed by atoms with E-state index in [1.165, 1.54) is 13.2 Å². The van der Waals surface area contributed by atoms with Gasteiger partial charge in [0.05, 0.1) is 7.11 Å². The number of aldehydes is 1. The summed E-state index contributed by atoms with van der Waals surface area (Å²) in [5.41, 5.74) is 1.94. The molecule has 0 saturated heterocycles. The van der Waals surface area contributed by atoms with Crippen LogP contribution in [0, 0.1) is 0 Å². The van der Waals surface area contributed by atoms with E-state index in [-0.39, 0.29) is 17.3 Å². The van der Waals surface area contributed by atoms with Crippen LogP contribution in [0.25, 0.3) is 6.08 Å². The Hall–Kier alpha value is -3.01. The number of carbonyl (C=O) groups is 3.